The Hall–Kier alpha value is -6.22. The van der Waals surface area contributed by atoms with E-state index in [-0.39, 0.29) is 66.5 Å². The number of carbonyl (C=O) groups is 3. The van der Waals surface area contributed by atoms with Gasteiger partial charge in [0, 0.05) is 31.7 Å². The Kier molecular flexibility index (Phi) is 19.3. The van der Waals surface area contributed by atoms with Gasteiger partial charge in [-0.15, -0.1) is 46.4 Å². The van der Waals surface area contributed by atoms with Crippen LogP contribution in [-0.4, -0.2) is 115 Å². The molecule has 0 bridgehead atoms. The number of hydrogen-bond acceptors (Lipinski definition) is 15. The minimum atomic E-state index is -3.40. The number of benzene rings is 2. The molecule has 2 aliphatic heterocycles. The molecule has 81 heavy (non-hydrogen) atoms. The van der Waals surface area contributed by atoms with Crippen molar-refractivity contribution in [3.8, 4) is 0 Å². The number of aliphatic hydroxyl groups excluding tert-OH is 3. The molecule has 27 heteroatoms. The molecule has 2 aliphatic carbocycles. The van der Waals surface area contributed by atoms with Crippen LogP contribution in [0.3, 0.4) is 0 Å². The van der Waals surface area contributed by atoms with E-state index in [2.05, 4.69) is 30.5 Å². The van der Waals surface area contributed by atoms with Crippen molar-refractivity contribution >= 4 is 104 Å². The summed E-state index contributed by atoms with van der Waals surface area (Å²) in [5.74, 6) is -10.0. The van der Waals surface area contributed by atoms with Gasteiger partial charge >= 0.3 is 30.0 Å². The zero-order valence-corrected chi connectivity index (χ0v) is 47.2. The molecule has 0 radical (unpaired) electrons. The maximum Gasteiger partial charge on any atom is 0.410 e. The van der Waals surface area contributed by atoms with Gasteiger partial charge in [-0.1, -0.05) is 30.3 Å². The minimum absolute atomic E-state index is 0. The summed E-state index contributed by atoms with van der Waals surface area (Å²) in [5.41, 5.74) is 3.12. The second-order valence-electron chi connectivity index (χ2n) is 21.2. The third kappa shape index (κ3) is 14.0. The van der Waals surface area contributed by atoms with Crippen LogP contribution in [0.25, 0.3) is 22.1 Å². The van der Waals surface area contributed by atoms with Gasteiger partial charge in [-0.25, -0.2) is 14.8 Å². The molecule has 2 saturated heterocycles. The van der Waals surface area contributed by atoms with Crippen molar-refractivity contribution in [3.05, 3.63) is 115 Å². The van der Waals surface area contributed by atoms with Crippen LogP contribution in [0, 0.1) is 10.8 Å². The normalized spacial score (nSPS) is 20.4. The Bertz CT molecular complexity index is 3340. The maximum atomic E-state index is 13.8. The number of aliphatic hydroxyl groups is 3. The van der Waals surface area contributed by atoms with Crippen molar-refractivity contribution in [2.75, 3.05) is 56.6 Å². The van der Waals surface area contributed by atoms with E-state index >= 15 is 0 Å². The molecule has 7 aromatic rings. The van der Waals surface area contributed by atoms with Gasteiger partial charge in [-0.05, 0) is 137 Å². The zero-order chi connectivity index (χ0) is 57.8. The van der Waals surface area contributed by atoms with E-state index in [1.807, 2.05) is 73.9 Å². The largest absolute Gasteiger partial charge is 0.444 e. The number of anilines is 2. The summed E-state index contributed by atoms with van der Waals surface area (Å²) in [6, 6.07) is 23.5. The molecule has 17 nitrogen and oxygen atoms in total. The number of hydrogen-bond donors (Lipinski definition) is 6. The predicted octanol–water partition coefficient (Wildman–Crippen LogP) is 10.8. The van der Waals surface area contributed by atoms with Crippen LogP contribution in [0.1, 0.15) is 105 Å². The van der Waals surface area contributed by atoms with E-state index in [0.717, 1.165) is 91.1 Å². The number of carbonyl (C=O) groups excluding carboxylic acids is 5. The summed E-state index contributed by atoms with van der Waals surface area (Å²) in [5, 5.41) is 36.7. The molecule has 6 N–H and O–H groups in total. The van der Waals surface area contributed by atoms with Crippen molar-refractivity contribution < 1.29 is 70.4 Å². The van der Waals surface area contributed by atoms with E-state index in [0.29, 0.717) is 53.1 Å². The number of thiophene rings is 3. The first-order valence-electron chi connectivity index (χ1n) is 25.3. The number of amides is 3. The van der Waals surface area contributed by atoms with Crippen molar-refractivity contribution in [3.63, 3.8) is 0 Å². The van der Waals surface area contributed by atoms with E-state index in [1.165, 1.54) is 30.3 Å². The van der Waals surface area contributed by atoms with E-state index in [9.17, 15) is 40.7 Å². The molecule has 4 fully saturated rings. The molecule has 436 valence electrons. The van der Waals surface area contributed by atoms with Crippen molar-refractivity contribution in [1.29, 1.82) is 0 Å². The third-order valence-electron chi connectivity index (χ3n) is 14.3. The number of likely N-dealkylation sites (tertiary alicyclic amines) is 1. The third-order valence-corrected chi connectivity index (χ3v) is 17.7. The summed E-state index contributed by atoms with van der Waals surface area (Å²) in [7, 11) is 0. The SMILES string of the molecule is CC(C)(C)OC(=O)N1CCC2(CC(n3c(NC(=O)c4ccc(C(F)(F)CO)s4)nc4ccccc43)C2)C1.Cl.O=C(Nc1nc2ccccc2n1C1CC2(CCNC2)C1)c1ccc(C(F)(F)CO)s1.O=C=O.OCC(F)(F)c1cccs1. The highest BCUT2D eigenvalue weighted by Gasteiger charge is 2.52. The number of fused-ring (bicyclic) bond motifs is 2. The van der Waals surface area contributed by atoms with Crippen LogP contribution >= 0.6 is 46.4 Å². The predicted molar refractivity (Wildman–Crippen MR) is 295 cm³/mol. The lowest BCUT2D eigenvalue weighted by Crippen LogP contribution is -2.43. The second kappa shape index (κ2) is 25.1. The average molecular weight is 1210 g/mol. The first-order valence-corrected chi connectivity index (χ1v) is 27.9. The summed E-state index contributed by atoms with van der Waals surface area (Å²) in [6.07, 6.45) is 5.69. The number of imidazole rings is 2. The highest BCUT2D eigenvalue weighted by atomic mass is 35.5. The lowest BCUT2D eigenvalue weighted by atomic mass is 9.65. The summed E-state index contributed by atoms with van der Waals surface area (Å²) >= 11 is 2.27. The van der Waals surface area contributed by atoms with Gasteiger partial charge in [0.2, 0.25) is 11.9 Å². The Morgan fingerprint density at radius 3 is 1.56 bits per heavy atom. The minimum Gasteiger partial charge on any atom is -0.444 e. The molecule has 5 aromatic heterocycles. The first kappa shape index (κ1) is 62.4. The molecular formula is C54H59ClF6N8O9S3. The van der Waals surface area contributed by atoms with Gasteiger partial charge in [0.15, 0.2) is 0 Å². The fourth-order valence-corrected chi connectivity index (χ4v) is 12.9. The van der Waals surface area contributed by atoms with Gasteiger partial charge < -0.3 is 39.4 Å². The fraction of sp³-hybridized carbons (Fsp3) is 0.444. The Morgan fingerprint density at radius 1 is 0.679 bits per heavy atom. The Morgan fingerprint density at radius 2 is 1.14 bits per heavy atom. The summed E-state index contributed by atoms with van der Waals surface area (Å²) < 4.78 is 89.7. The lowest BCUT2D eigenvalue weighted by molar-refractivity contribution is -0.191. The van der Waals surface area contributed by atoms with Crippen LogP contribution < -0.4 is 16.0 Å². The molecule has 0 unspecified atom stereocenters. The number of rotatable bonds is 12. The average Bonchev–Trinajstić information content (AvgIpc) is 4.38. The van der Waals surface area contributed by atoms with Crippen LogP contribution in [-0.2, 0) is 32.1 Å². The Balaban J connectivity index is 0.000000192. The van der Waals surface area contributed by atoms with Gasteiger partial charge in [0.05, 0.1) is 46.5 Å². The van der Waals surface area contributed by atoms with E-state index < -0.39 is 55.0 Å². The number of ether oxygens (including phenoxy) is 1. The van der Waals surface area contributed by atoms with Gasteiger partial charge in [-0.3, -0.25) is 20.2 Å². The van der Waals surface area contributed by atoms with Crippen LogP contribution in [0.4, 0.5) is 43.0 Å². The first-order chi connectivity index (χ1) is 37.9. The quantitative estimate of drug-likeness (QED) is 0.0628. The number of alkyl halides is 6. The maximum absolute atomic E-state index is 13.8. The molecule has 4 aliphatic rings. The van der Waals surface area contributed by atoms with Crippen LogP contribution in [0.15, 0.2) is 90.3 Å². The number of aromatic nitrogens is 4. The van der Waals surface area contributed by atoms with Crippen molar-refractivity contribution in [2.45, 2.75) is 94.7 Å². The second-order valence-corrected chi connectivity index (χ2v) is 24.3. The topological polar surface area (TPSA) is 230 Å². The number of para-hydroxylation sites is 4. The highest BCUT2D eigenvalue weighted by molar-refractivity contribution is 7.14. The van der Waals surface area contributed by atoms with Crippen LogP contribution in [0.2, 0.25) is 0 Å². The van der Waals surface area contributed by atoms with Crippen LogP contribution in [0.5, 0.6) is 0 Å². The van der Waals surface area contributed by atoms with E-state index in [4.69, 9.17) is 29.6 Å². The van der Waals surface area contributed by atoms with Crippen molar-refractivity contribution in [1.82, 2.24) is 29.3 Å². The molecular weight excluding hydrogens is 1150 g/mol. The highest BCUT2D eigenvalue weighted by Crippen LogP contribution is 2.56. The number of halogens is 7. The molecule has 11 rings (SSSR count). The summed E-state index contributed by atoms with van der Waals surface area (Å²) in [6.45, 7) is 5.17. The lowest BCUT2D eigenvalue weighted by Gasteiger charge is -2.46. The Labute approximate surface area is 478 Å². The number of nitrogens with one attached hydrogen (secondary N) is 3. The zero-order valence-electron chi connectivity index (χ0n) is 43.9. The van der Waals surface area contributed by atoms with Gasteiger partial charge in [0.25, 0.3) is 11.8 Å². The number of nitrogens with zero attached hydrogens (tertiary/aromatic N) is 5. The van der Waals surface area contributed by atoms with E-state index in [1.54, 1.807) is 10.3 Å². The molecule has 7 heterocycles. The smallest absolute Gasteiger partial charge is 0.410 e. The molecule has 2 spiro atoms. The standard InChI is InChI=1S/C26H30F2N4O4S.C21H22F2N4O2S.C6H6F2OS.CO2.ClH/c1-24(2,3)36-23(35)31-11-10-25(14-31)12-16(13-25)32-18-7-5-4-6-17(18)29-22(32)30-21(34)19-8-9-20(37-19)26(27,28)15-33;22-21(23,12-28)17-6-5-16(30-17)18(29)26-19-25-14-3-1-2-4-15(14)27(19)13-9-20(10-13)7-8-24-11-20;7-6(8,4-9)5-2-1-3-10-5;2-1-3;/h4-9,16,33H,10-15H2,1-3H3,(H,29,30,34);1-6,13,24,28H,7-12H2,(H,25,26,29);1-3,9H,4H2;;1H. The molecule has 2 aromatic carbocycles. The molecule has 3 amide bonds. The molecule has 0 atom stereocenters. The van der Waals surface area contributed by atoms with Gasteiger partial charge in [-0.2, -0.15) is 35.9 Å². The fourth-order valence-electron chi connectivity index (χ4n) is 10.5. The monoisotopic (exact) mass is 1210 g/mol. The van der Waals surface area contributed by atoms with Gasteiger partial charge in [0.1, 0.15) is 25.4 Å². The molecule has 2 saturated carbocycles. The summed E-state index contributed by atoms with van der Waals surface area (Å²) in [4.78, 5) is 65.0. The van der Waals surface area contributed by atoms with Crippen molar-refractivity contribution in [2.24, 2.45) is 10.8 Å².